The number of aromatic nitrogens is 6. The molecule has 0 saturated carbocycles. The van der Waals surface area contributed by atoms with Crippen molar-refractivity contribution in [2.75, 3.05) is 0 Å². The molecule has 6 nitrogen and oxygen atoms in total. The molecule has 0 unspecified atom stereocenters. The van der Waals surface area contributed by atoms with Gasteiger partial charge in [-0.3, -0.25) is 4.57 Å². The fourth-order valence-corrected chi connectivity index (χ4v) is 8.91. The molecule has 5 aromatic heterocycles. The van der Waals surface area contributed by atoms with E-state index in [1.165, 1.54) is 20.9 Å². The maximum Gasteiger partial charge on any atom is 0.238 e. The summed E-state index contributed by atoms with van der Waals surface area (Å²) in [5.74, 6) is 1.82. The number of hydrogen-bond acceptors (Lipinski definition) is 5. The highest BCUT2D eigenvalue weighted by molar-refractivity contribution is 7.26. The lowest BCUT2D eigenvalue weighted by Crippen LogP contribution is -2.06. The van der Waals surface area contributed by atoms with E-state index in [4.69, 9.17) is 19.9 Å². The van der Waals surface area contributed by atoms with Gasteiger partial charge in [-0.25, -0.2) is 9.97 Å². The number of pyridine rings is 1. The molecular weight excluding hydrogens is 645 g/mol. The molecule has 6 aromatic carbocycles. The van der Waals surface area contributed by atoms with Gasteiger partial charge in [-0.2, -0.15) is 9.97 Å². The maximum atomic E-state index is 5.28. The van der Waals surface area contributed by atoms with Gasteiger partial charge in [0.25, 0.3) is 0 Å². The number of fused-ring (bicyclic) bond motifs is 12. The Kier molecular flexibility index (Phi) is 6.02. The molecule has 7 heteroatoms. The molecule has 11 aromatic rings. The van der Waals surface area contributed by atoms with Gasteiger partial charge in [0.15, 0.2) is 11.6 Å². The molecular formula is C44H26N6S. The third-order valence-corrected chi connectivity index (χ3v) is 10.9. The molecule has 0 bridgehead atoms. The van der Waals surface area contributed by atoms with Gasteiger partial charge in [-0.1, -0.05) is 115 Å². The van der Waals surface area contributed by atoms with E-state index in [0.717, 1.165) is 59.9 Å². The molecule has 0 aliphatic rings. The summed E-state index contributed by atoms with van der Waals surface area (Å²) in [7, 11) is 0. The van der Waals surface area contributed by atoms with Crippen molar-refractivity contribution in [2.45, 2.75) is 0 Å². The quantitative estimate of drug-likeness (QED) is 0.187. The zero-order valence-corrected chi connectivity index (χ0v) is 27.9. The van der Waals surface area contributed by atoms with E-state index in [2.05, 4.69) is 118 Å². The minimum absolute atomic E-state index is 0.573. The van der Waals surface area contributed by atoms with Crippen LogP contribution in [0.1, 0.15) is 0 Å². The first kappa shape index (κ1) is 28.2. The van der Waals surface area contributed by atoms with Crippen molar-refractivity contribution in [3.05, 3.63) is 158 Å². The van der Waals surface area contributed by atoms with Crippen molar-refractivity contribution in [3.63, 3.8) is 0 Å². The fourth-order valence-electron chi connectivity index (χ4n) is 7.72. The highest BCUT2D eigenvalue weighted by Gasteiger charge is 2.28. The van der Waals surface area contributed by atoms with Crippen LogP contribution in [0.4, 0.5) is 0 Å². The molecule has 0 radical (unpaired) electrons. The van der Waals surface area contributed by atoms with Crippen molar-refractivity contribution in [3.8, 4) is 34.4 Å². The van der Waals surface area contributed by atoms with Crippen LogP contribution < -0.4 is 0 Å². The SMILES string of the molecule is c1ccc(-c2nc(-c3ccccc3)nc(-n3c4ccccc4c4c5c6cccnc6sc5c5c(c6ccccc6n5-c5ccccc5)c43)n2)cc1. The summed E-state index contributed by atoms with van der Waals surface area (Å²) in [4.78, 5) is 21.5. The van der Waals surface area contributed by atoms with Crippen LogP contribution in [-0.2, 0) is 0 Å². The number of rotatable bonds is 4. The zero-order valence-electron chi connectivity index (χ0n) is 27.1. The minimum atomic E-state index is 0.573. The van der Waals surface area contributed by atoms with Crippen LogP contribution in [0.25, 0.3) is 98.3 Å². The third kappa shape index (κ3) is 4.09. The molecule has 0 aliphatic carbocycles. The summed E-state index contributed by atoms with van der Waals surface area (Å²) in [6.07, 6.45) is 1.89. The average molecular weight is 671 g/mol. The first-order chi connectivity index (χ1) is 25.3. The standard InChI is InChI=1S/C44H26N6S/c1-4-15-27(16-5-1)41-46-42(28-17-6-2-7-18-28)48-44(47-41)50-34-25-13-10-21-30(34)35-36-32-23-14-26-45-43(32)51-40(36)39-37(38(35)50)31-22-11-12-24-33(31)49(39)29-19-8-3-9-20-29/h1-26H. The van der Waals surface area contributed by atoms with Crippen LogP contribution >= 0.6 is 11.3 Å². The van der Waals surface area contributed by atoms with Gasteiger partial charge >= 0.3 is 0 Å². The second-order valence-corrected chi connectivity index (χ2v) is 13.7. The Labute approximate surface area is 295 Å². The fraction of sp³-hybridized carbons (Fsp3) is 0. The smallest absolute Gasteiger partial charge is 0.238 e. The Bertz CT molecular complexity index is 3070. The molecule has 0 N–H and O–H groups in total. The van der Waals surface area contributed by atoms with Gasteiger partial charge in [0, 0.05) is 55.3 Å². The zero-order chi connectivity index (χ0) is 33.5. The van der Waals surface area contributed by atoms with Crippen molar-refractivity contribution in [1.82, 2.24) is 29.1 Å². The monoisotopic (exact) mass is 670 g/mol. The lowest BCUT2D eigenvalue weighted by molar-refractivity contribution is 0.955. The number of nitrogens with zero attached hydrogens (tertiary/aromatic N) is 6. The van der Waals surface area contributed by atoms with E-state index in [-0.39, 0.29) is 0 Å². The van der Waals surface area contributed by atoms with Crippen molar-refractivity contribution in [2.24, 2.45) is 0 Å². The lowest BCUT2D eigenvalue weighted by Gasteiger charge is -2.12. The van der Waals surface area contributed by atoms with Gasteiger partial charge < -0.3 is 4.57 Å². The van der Waals surface area contributed by atoms with Gasteiger partial charge in [0.2, 0.25) is 5.95 Å². The van der Waals surface area contributed by atoms with Gasteiger partial charge in [-0.15, -0.1) is 11.3 Å². The van der Waals surface area contributed by atoms with Gasteiger partial charge in [0.1, 0.15) is 4.83 Å². The molecule has 5 heterocycles. The Morgan fingerprint density at radius 2 is 0.980 bits per heavy atom. The third-order valence-electron chi connectivity index (χ3n) is 9.82. The van der Waals surface area contributed by atoms with Crippen LogP contribution in [0.2, 0.25) is 0 Å². The van der Waals surface area contributed by atoms with E-state index in [0.29, 0.717) is 17.6 Å². The van der Waals surface area contributed by atoms with E-state index >= 15 is 0 Å². The van der Waals surface area contributed by atoms with E-state index < -0.39 is 0 Å². The van der Waals surface area contributed by atoms with Crippen LogP contribution in [0.3, 0.4) is 0 Å². The Morgan fingerprint density at radius 3 is 1.65 bits per heavy atom. The van der Waals surface area contributed by atoms with Crippen LogP contribution in [0.15, 0.2) is 158 Å². The first-order valence-electron chi connectivity index (χ1n) is 16.9. The highest BCUT2D eigenvalue weighted by Crippen LogP contribution is 2.50. The molecule has 0 aliphatic heterocycles. The maximum absolute atomic E-state index is 5.28. The van der Waals surface area contributed by atoms with Crippen LogP contribution in [-0.4, -0.2) is 29.1 Å². The van der Waals surface area contributed by atoms with E-state index in [1.54, 1.807) is 11.3 Å². The van der Waals surface area contributed by atoms with Crippen LogP contribution in [0, 0.1) is 0 Å². The normalized spacial score (nSPS) is 11.9. The molecule has 0 amide bonds. The molecule has 238 valence electrons. The summed E-state index contributed by atoms with van der Waals surface area (Å²) in [5, 5.41) is 6.97. The molecule has 11 rings (SSSR count). The van der Waals surface area contributed by atoms with Crippen LogP contribution in [0.5, 0.6) is 0 Å². The predicted molar refractivity (Wildman–Crippen MR) is 210 cm³/mol. The highest BCUT2D eigenvalue weighted by atomic mass is 32.1. The molecule has 0 fully saturated rings. The van der Waals surface area contributed by atoms with Crippen molar-refractivity contribution < 1.29 is 0 Å². The number of hydrogen-bond donors (Lipinski definition) is 0. The number of para-hydroxylation sites is 3. The Morgan fingerprint density at radius 1 is 0.431 bits per heavy atom. The van der Waals surface area contributed by atoms with Gasteiger partial charge in [-0.05, 0) is 36.4 Å². The second-order valence-electron chi connectivity index (χ2n) is 12.7. The van der Waals surface area contributed by atoms with E-state index in [9.17, 15) is 0 Å². The van der Waals surface area contributed by atoms with E-state index in [1.807, 2.05) is 48.7 Å². The Balaban J connectivity index is 1.41. The summed E-state index contributed by atoms with van der Waals surface area (Å²) in [6, 6.07) is 52.6. The van der Waals surface area contributed by atoms with Crippen molar-refractivity contribution in [1.29, 1.82) is 0 Å². The minimum Gasteiger partial charge on any atom is -0.308 e. The molecule has 0 spiro atoms. The largest absolute Gasteiger partial charge is 0.308 e. The Hall–Kier alpha value is -6.70. The summed E-state index contributed by atoms with van der Waals surface area (Å²) in [5.41, 5.74) is 7.36. The van der Waals surface area contributed by atoms with Gasteiger partial charge in [0.05, 0.1) is 26.8 Å². The summed E-state index contributed by atoms with van der Waals surface area (Å²) >= 11 is 1.76. The number of thiophene rings is 1. The second kappa shape index (κ2) is 10.9. The lowest BCUT2D eigenvalue weighted by atomic mass is 10.0. The topological polar surface area (TPSA) is 61.4 Å². The average Bonchev–Trinajstić information content (AvgIpc) is 3.87. The molecule has 0 atom stereocenters. The van der Waals surface area contributed by atoms with Crippen molar-refractivity contribution >= 4 is 75.3 Å². The molecule has 0 saturated heterocycles. The summed E-state index contributed by atoms with van der Waals surface area (Å²) < 4.78 is 5.90. The number of benzene rings is 6. The first-order valence-corrected chi connectivity index (χ1v) is 17.7. The summed E-state index contributed by atoms with van der Waals surface area (Å²) in [6.45, 7) is 0. The molecule has 51 heavy (non-hydrogen) atoms. The predicted octanol–water partition coefficient (Wildman–Crippen LogP) is 11.2.